The Morgan fingerprint density at radius 3 is 1.94 bits per heavy atom. The summed E-state index contributed by atoms with van der Waals surface area (Å²) in [6, 6.07) is 8.60. The molecule has 104 valence electrons. The summed E-state index contributed by atoms with van der Waals surface area (Å²) in [5.41, 5.74) is 4.17. The van der Waals surface area contributed by atoms with Crippen molar-refractivity contribution in [1.82, 2.24) is 4.57 Å². The molecule has 0 N–H and O–H groups in total. The van der Waals surface area contributed by atoms with Crippen LogP contribution in [0.3, 0.4) is 0 Å². The Morgan fingerprint density at radius 2 is 1.44 bits per heavy atom. The van der Waals surface area contributed by atoms with Crippen LogP contribution in [0, 0.1) is 13.8 Å². The molecule has 0 atom stereocenters. The van der Waals surface area contributed by atoms with E-state index in [1.807, 2.05) is 27.7 Å². The van der Waals surface area contributed by atoms with Gasteiger partial charge in [-0.25, -0.2) is 0 Å². The summed E-state index contributed by atoms with van der Waals surface area (Å²) in [6.07, 6.45) is 0. The molecule has 0 saturated heterocycles. The summed E-state index contributed by atoms with van der Waals surface area (Å²) >= 11 is 0. The molecule has 0 fully saturated rings. The number of hydrogen-bond donors (Lipinski definition) is 0. The Kier molecular flexibility index (Phi) is 10.4. The van der Waals surface area contributed by atoms with Gasteiger partial charge in [0.25, 0.3) is 0 Å². The predicted octanol–water partition coefficient (Wildman–Crippen LogP) is 5.97. The van der Waals surface area contributed by atoms with Gasteiger partial charge in [-0.3, -0.25) is 0 Å². The van der Waals surface area contributed by atoms with Crippen molar-refractivity contribution in [2.45, 2.75) is 62.4 Å². The minimum atomic E-state index is 0. The molecule has 2 rings (SSSR count). The van der Waals surface area contributed by atoms with Crippen LogP contribution in [0.5, 0.6) is 0 Å². The average Bonchev–Trinajstić information content (AvgIpc) is 2.67. The third kappa shape index (κ3) is 3.63. The van der Waals surface area contributed by atoms with Crippen LogP contribution in [0.4, 0.5) is 0 Å². The molecule has 1 nitrogen and oxygen atoms in total. The zero-order valence-corrected chi connectivity index (χ0v) is 12.5. The third-order valence-electron chi connectivity index (χ3n) is 2.86. The summed E-state index contributed by atoms with van der Waals surface area (Å²) in [4.78, 5) is 0. The second kappa shape index (κ2) is 9.76. The standard InChI is InChI=1S/C12H15N.2C2H6.CH4/c1-4-13-10(3)9(2)11-7-5-6-8-12(11)13;2*1-2;/h5-8H,4H2,1-3H3;2*1-2H3;1H4. The first kappa shape index (κ1) is 19.1. The Hall–Kier alpha value is -1.24. The van der Waals surface area contributed by atoms with Gasteiger partial charge >= 0.3 is 0 Å². The molecule has 0 amide bonds. The smallest absolute Gasteiger partial charge is 0.0485 e. The van der Waals surface area contributed by atoms with E-state index in [-0.39, 0.29) is 7.43 Å². The quantitative estimate of drug-likeness (QED) is 0.587. The van der Waals surface area contributed by atoms with Gasteiger partial charge in [-0.2, -0.15) is 0 Å². The highest BCUT2D eigenvalue weighted by Crippen LogP contribution is 2.24. The van der Waals surface area contributed by atoms with Gasteiger partial charge in [0.05, 0.1) is 0 Å². The van der Waals surface area contributed by atoms with Crippen molar-refractivity contribution in [3.63, 3.8) is 0 Å². The number of aromatic nitrogens is 1. The predicted molar refractivity (Wildman–Crippen MR) is 86.5 cm³/mol. The molecule has 1 aromatic heterocycles. The Balaban J connectivity index is 0. The van der Waals surface area contributed by atoms with Crippen molar-refractivity contribution >= 4 is 10.9 Å². The van der Waals surface area contributed by atoms with Gasteiger partial charge in [0, 0.05) is 23.1 Å². The second-order valence-corrected chi connectivity index (χ2v) is 3.47. The fourth-order valence-corrected chi connectivity index (χ4v) is 2.01. The normalized spacial score (nSPS) is 8.61. The van der Waals surface area contributed by atoms with E-state index in [0.717, 1.165) is 6.54 Å². The highest BCUT2D eigenvalue weighted by molar-refractivity contribution is 5.85. The van der Waals surface area contributed by atoms with E-state index in [2.05, 4.69) is 49.6 Å². The maximum atomic E-state index is 2.37. The molecule has 0 bridgehead atoms. The molecule has 2 aromatic rings. The molecule has 0 unspecified atom stereocenters. The molecule has 1 aromatic carbocycles. The van der Waals surface area contributed by atoms with E-state index in [0.29, 0.717) is 0 Å². The van der Waals surface area contributed by atoms with Crippen molar-refractivity contribution in [1.29, 1.82) is 0 Å². The molecule has 0 spiro atoms. The lowest BCUT2D eigenvalue weighted by Crippen LogP contribution is -1.95. The van der Waals surface area contributed by atoms with E-state index in [1.165, 1.54) is 22.2 Å². The number of fused-ring (bicyclic) bond motifs is 1. The second-order valence-electron chi connectivity index (χ2n) is 3.47. The lowest BCUT2D eigenvalue weighted by molar-refractivity contribution is 0.766. The Labute approximate surface area is 114 Å². The van der Waals surface area contributed by atoms with E-state index in [1.54, 1.807) is 0 Å². The minimum Gasteiger partial charge on any atom is -0.345 e. The summed E-state index contributed by atoms with van der Waals surface area (Å²) in [7, 11) is 0. The van der Waals surface area contributed by atoms with Gasteiger partial charge in [-0.05, 0) is 32.4 Å². The van der Waals surface area contributed by atoms with Crippen molar-refractivity contribution in [2.75, 3.05) is 0 Å². The van der Waals surface area contributed by atoms with Gasteiger partial charge in [-0.1, -0.05) is 53.3 Å². The molecule has 1 heteroatoms. The zero-order valence-electron chi connectivity index (χ0n) is 12.5. The van der Waals surface area contributed by atoms with Crippen LogP contribution in [-0.4, -0.2) is 4.57 Å². The summed E-state index contributed by atoms with van der Waals surface area (Å²) in [5.74, 6) is 0. The summed E-state index contributed by atoms with van der Waals surface area (Å²) in [6.45, 7) is 15.6. The lowest BCUT2D eigenvalue weighted by atomic mass is 10.2. The fourth-order valence-electron chi connectivity index (χ4n) is 2.01. The topological polar surface area (TPSA) is 4.93 Å². The summed E-state index contributed by atoms with van der Waals surface area (Å²) < 4.78 is 2.37. The Bertz CT molecular complexity index is 438. The molecule has 18 heavy (non-hydrogen) atoms. The van der Waals surface area contributed by atoms with Crippen LogP contribution in [0.15, 0.2) is 24.3 Å². The average molecular weight is 249 g/mol. The van der Waals surface area contributed by atoms with Crippen LogP contribution >= 0.6 is 0 Å². The lowest BCUT2D eigenvalue weighted by Gasteiger charge is -2.02. The highest BCUT2D eigenvalue weighted by Gasteiger charge is 2.07. The number of para-hydroxylation sites is 1. The number of rotatable bonds is 1. The molecule has 1 heterocycles. The zero-order chi connectivity index (χ0) is 13.4. The van der Waals surface area contributed by atoms with Crippen LogP contribution in [-0.2, 0) is 6.54 Å². The molecule has 0 aliphatic carbocycles. The SMILES string of the molecule is C.CC.CC.CCn1c(C)c(C)c2ccccc21. The van der Waals surface area contributed by atoms with Crippen molar-refractivity contribution in [3.8, 4) is 0 Å². The van der Waals surface area contributed by atoms with Gasteiger partial charge in [0.15, 0.2) is 0 Å². The van der Waals surface area contributed by atoms with Crippen LogP contribution in [0.2, 0.25) is 0 Å². The van der Waals surface area contributed by atoms with Crippen molar-refractivity contribution < 1.29 is 0 Å². The molecular weight excluding hydrogens is 218 g/mol. The molecule has 0 aliphatic heterocycles. The monoisotopic (exact) mass is 249 g/mol. The van der Waals surface area contributed by atoms with Gasteiger partial charge in [-0.15, -0.1) is 0 Å². The van der Waals surface area contributed by atoms with Crippen LogP contribution in [0.25, 0.3) is 10.9 Å². The maximum absolute atomic E-state index is 2.37. The maximum Gasteiger partial charge on any atom is 0.0485 e. The van der Waals surface area contributed by atoms with Crippen LogP contribution in [0.1, 0.15) is 53.3 Å². The van der Waals surface area contributed by atoms with E-state index in [9.17, 15) is 0 Å². The fraction of sp³-hybridized carbons (Fsp3) is 0.529. The van der Waals surface area contributed by atoms with Gasteiger partial charge in [0.1, 0.15) is 0 Å². The summed E-state index contributed by atoms with van der Waals surface area (Å²) in [5, 5.41) is 1.39. The Morgan fingerprint density at radius 1 is 0.944 bits per heavy atom. The van der Waals surface area contributed by atoms with Crippen molar-refractivity contribution in [2.24, 2.45) is 0 Å². The molecule has 0 radical (unpaired) electrons. The van der Waals surface area contributed by atoms with Gasteiger partial charge in [0.2, 0.25) is 0 Å². The minimum absolute atomic E-state index is 0. The largest absolute Gasteiger partial charge is 0.345 e. The number of benzene rings is 1. The molecule has 0 aliphatic rings. The third-order valence-corrected chi connectivity index (χ3v) is 2.86. The first-order valence-electron chi connectivity index (χ1n) is 6.80. The number of nitrogens with zero attached hydrogens (tertiary/aromatic N) is 1. The molecule has 0 saturated carbocycles. The van der Waals surface area contributed by atoms with E-state index >= 15 is 0 Å². The number of aryl methyl sites for hydroxylation is 2. The van der Waals surface area contributed by atoms with Crippen LogP contribution < -0.4 is 0 Å². The van der Waals surface area contributed by atoms with E-state index in [4.69, 9.17) is 0 Å². The first-order chi connectivity index (χ1) is 8.25. The van der Waals surface area contributed by atoms with E-state index < -0.39 is 0 Å². The van der Waals surface area contributed by atoms with Crippen molar-refractivity contribution in [3.05, 3.63) is 35.5 Å². The van der Waals surface area contributed by atoms with Gasteiger partial charge < -0.3 is 4.57 Å². The number of hydrogen-bond acceptors (Lipinski definition) is 0. The first-order valence-corrected chi connectivity index (χ1v) is 6.80. The highest BCUT2D eigenvalue weighted by atomic mass is 15.0. The molecular formula is C17H31N.